The summed E-state index contributed by atoms with van der Waals surface area (Å²) in [5.41, 5.74) is 1.14. The molecule has 2 aromatic rings. The molecule has 1 fully saturated rings. The Labute approximate surface area is 214 Å². The van der Waals surface area contributed by atoms with Gasteiger partial charge in [-0.1, -0.05) is 0 Å². The summed E-state index contributed by atoms with van der Waals surface area (Å²) in [7, 11) is 4.50. The smallest absolute Gasteiger partial charge is 0.290 e. The zero-order valence-electron chi connectivity index (χ0n) is 21.1. The highest BCUT2D eigenvalue weighted by Crippen LogP contribution is 2.45. The van der Waals surface area contributed by atoms with Crippen molar-refractivity contribution in [3.05, 3.63) is 44.6 Å². The molecule has 4 rings (SSSR count). The third kappa shape index (κ3) is 4.78. The molecule has 0 saturated carbocycles. The largest absolute Gasteiger partial charge is 0.503 e. The Hall–Kier alpha value is -3.15. The van der Waals surface area contributed by atoms with Crippen molar-refractivity contribution in [1.82, 2.24) is 14.8 Å². The Morgan fingerprint density at radius 3 is 2.28 bits per heavy atom. The topological polar surface area (TPSA) is 111 Å². The number of amides is 1. The summed E-state index contributed by atoms with van der Waals surface area (Å²) in [5, 5.41) is 11.7. The van der Waals surface area contributed by atoms with Crippen molar-refractivity contribution in [2.45, 2.75) is 19.9 Å². The number of thiazole rings is 1. The number of aryl methyl sites for hydroxylation is 2. The van der Waals surface area contributed by atoms with Crippen LogP contribution in [0.5, 0.6) is 17.2 Å². The van der Waals surface area contributed by atoms with Gasteiger partial charge in [0.2, 0.25) is 11.5 Å². The number of nitrogens with zero attached hydrogens (tertiary/aromatic N) is 3. The average molecular weight is 518 g/mol. The number of ether oxygens (including phenoxy) is 4. The molecule has 1 aromatic carbocycles. The van der Waals surface area contributed by atoms with Gasteiger partial charge in [0.15, 0.2) is 17.3 Å². The molecule has 1 amide bonds. The van der Waals surface area contributed by atoms with Crippen molar-refractivity contribution >= 4 is 23.0 Å². The molecule has 11 heteroatoms. The van der Waals surface area contributed by atoms with Crippen molar-refractivity contribution in [2.24, 2.45) is 0 Å². The Morgan fingerprint density at radius 1 is 1.11 bits per heavy atom. The number of rotatable bonds is 9. The molecule has 1 N–H and O–H groups in total. The van der Waals surface area contributed by atoms with E-state index in [1.54, 1.807) is 19.1 Å². The first-order valence-corrected chi connectivity index (χ1v) is 12.4. The number of aromatic nitrogens is 1. The van der Waals surface area contributed by atoms with Gasteiger partial charge in [-0.2, -0.15) is 0 Å². The number of carbonyl (C=O) groups excluding carboxylic acids is 2. The summed E-state index contributed by atoms with van der Waals surface area (Å²) < 4.78 is 21.9. The Kier molecular flexibility index (Phi) is 7.82. The molecular formula is C25H31N3O7S. The number of aliphatic hydroxyl groups is 1. The first-order chi connectivity index (χ1) is 17.3. The number of Topliss-reactive ketones (excluding diaryl/α,β-unsaturated/α-hetero) is 1. The van der Waals surface area contributed by atoms with Crippen molar-refractivity contribution in [1.29, 1.82) is 0 Å². The normalized spacial score (nSPS) is 18.6. The zero-order valence-corrected chi connectivity index (χ0v) is 21.9. The fourth-order valence-corrected chi connectivity index (χ4v) is 5.53. The Balaban J connectivity index is 1.80. The molecule has 1 aromatic heterocycles. The maximum Gasteiger partial charge on any atom is 0.290 e. The number of carbonyl (C=O) groups is 2. The molecule has 3 heterocycles. The minimum absolute atomic E-state index is 0.0167. The highest BCUT2D eigenvalue weighted by Gasteiger charge is 2.45. The molecule has 0 bridgehead atoms. The summed E-state index contributed by atoms with van der Waals surface area (Å²) in [6.45, 7) is 7.19. The third-order valence-corrected chi connectivity index (χ3v) is 7.49. The number of morpholine rings is 1. The summed E-state index contributed by atoms with van der Waals surface area (Å²) in [6, 6.07) is 2.57. The zero-order chi connectivity index (χ0) is 26.0. The third-order valence-electron chi connectivity index (χ3n) is 6.42. The van der Waals surface area contributed by atoms with E-state index in [9.17, 15) is 14.7 Å². The van der Waals surface area contributed by atoms with Crippen LogP contribution in [0.15, 0.2) is 23.5 Å². The van der Waals surface area contributed by atoms with Crippen LogP contribution in [0.3, 0.4) is 0 Å². The van der Waals surface area contributed by atoms with E-state index < -0.39 is 23.5 Å². The second kappa shape index (κ2) is 10.9. The number of hydrogen-bond donors (Lipinski definition) is 1. The van der Waals surface area contributed by atoms with Crippen LogP contribution in [0.4, 0.5) is 0 Å². The number of methoxy groups -OCH3 is 3. The predicted octanol–water partition coefficient (Wildman–Crippen LogP) is 2.70. The van der Waals surface area contributed by atoms with Crippen molar-refractivity contribution in [2.75, 3.05) is 60.7 Å². The van der Waals surface area contributed by atoms with Crippen molar-refractivity contribution < 1.29 is 33.6 Å². The van der Waals surface area contributed by atoms with Crippen LogP contribution in [0.25, 0.3) is 0 Å². The molecule has 0 aliphatic carbocycles. The minimum atomic E-state index is -0.846. The van der Waals surface area contributed by atoms with E-state index in [1.807, 2.05) is 6.92 Å². The summed E-state index contributed by atoms with van der Waals surface area (Å²) in [5.74, 6) is -0.402. The number of aliphatic hydroxyl groups excluding tert-OH is 1. The van der Waals surface area contributed by atoms with Gasteiger partial charge in [0.25, 0.3) is 5.91 Å². The maximum atomic E-state index is 13.8. The fourth-order valence-electron chi connectivity index (χ4n) is 4.66. The first-order valence-electron chi connectivity index (χ1n) is 11.6. The van der Waals surface area contributed by atoms with Gasteiger partial charge in [-0.3, -0.25) is 14.5 Å². The average Bonchev–Trinajstić information content (AvgIpc) is 3.36. The lowest BCUT2D eigenvalue weighted by molar-refractivity contribution is -0.129. The van der Waals surface area contributed by atoms with Gasteiger partial charge in [0.05, 0.1) is 61.7 Å². The Bertz CT molecular complexity index is 1160. The van der Waals surface area contributed by atoms with E-state index in [4.69, 9.17) is 18.9 Å². The molecule has 194 valence electrons. The van der Waals surface area contributed by atoms with Gasteiger partial charge in [0, 0.05) is 26.2 Å². The van der Waals surface area contributed by atoms with Crippen LogP contribution in [0, 0.1) is 13.8 Å². The molecule has 2 aliphatic heterocycles. The number of hydrogen-bond acceptors (Lipinski definition) is 10. The molecule has 0 spiro atoms. The molecule has 2 aliphatic rings. The second-order valence-electron chi connectivity index (χ2n) is 8.55. The van der Waals surface area contributed by atoms with Crippen LogP contribution in [-0.2, 0) is 9.53 Å². The molecular weight excluding hydrogens is 486 g/mol. The van der Waals surface area contributed by atoms with Crippen molar-refractivity contribution in [3.63, 3.8) is 0 Å². The van der Waals surface area contributed by atoms with E-state index in [0.29, 0.717) is 59.7 Å². The van der Waals surface area contributed by atoms with Gasteiger partial charge >= 0.3 is 0 Å². The maximum absolute atomic E-state index is 13.8. The van der Waals surface area contributed by atoms with Crippen LogP contribution in [0.2, 0.25) is 0 Å². The van der Waals surface area contributed by atoms with Crippen LogP contribution in [-0.4, -0.2) is 92.3 Å². The monoisotopic (exact) mass is 517 g/mol. The molecule has 10 nitrogen and oxygen atoms in total. The quantitative estimate of drug-likeness (QED) is 0.502. The highest BCUT2D eigenvalue weighted by atomic mass is 32.1. The van der Waals surface area contributed by atoms with E-state index >= 15 is 0 Å². The van der Waals surface area contributed by atoms with Gasteiger partial charge in [-0.25, -0.2) is 4.98 Å². The molecule has 0 radical (unpaired) electrons. The summed E-state index contributed by atoms with van der Waals surface area (Å²) >= 11 is 1.24. The van der Waals surface area contributed by atoms with Gasteiger partial charge in [0.1, 0.15) is 0 Å². The standard InChI is InChI=1S/C25H31N3O7S/c1-14-24(36-15(2)26-14)21(29)19-20(16-12-17(32-3)23(34-5)18(13-16)33-4)28(25(31)22(19)30)7-6-27-8-10-35-11-9-27/h12-13,20,30H,6-11H2,1-5H3/t20-/m1/s1. The second-order valence-corrected chi connectivity index (χ2v) is 9.76. The first kappa shape index (κ1) is 25.9. The Morgan fingerprint density at radius 2 is 1.75 bits per heavy atom. The minimum Gasteiger partial charge on any atom is -0.503 e. The molecule has 0 unspecified atom stereocenters. The fraction of sp³-hybridized carbons (Fsp3) is 0.480. The van der Waals surface area contributed by atoms with Gasteiger partial charge in [-0.05, 0) is 31.5 Å². The van der Waals surface area contributed by atoms with Crippen LogP contribution < -0.4 is 14.2 Å². The SMILES string of the molecule is COc1cc([C@@H]2C(C(=O)c3sc(C)nc3C)=C(O)C(=O)N2CCN2CCOCC2)cc(OC)c1OC. The van der Waals surface area contributed by atoms with E-state index in [-0.39, 0.29) is 5.57 Å². The van der Waals surface area contributed by atoms with Crippen LogP contribution in [0.1, 0.15) is 32.0 Å². The molecule has 1 atom stereocenters. The molecule has 36 heavy (non-hydrogen) atoms. The lowest BCUT2D eigenvalue weighted by atomic mass is 9.94. The van der Waals surface area contributed by atoms with Crippen LogP contribution >= 0.6 is 11.3 Å². The lowest BCUT2D eigenvalue weighted by Crippen LogP contribution is -2.43. The number of ketones is 1. The van der Waals surface area contributed by atoms with Crippen molar-refractivity contribution in [3.8, 4) is 17.2 Å². The highest BCUT2D eigenvalue weighted by molar-refractivity contribution is 7.14. The van der Waals surface area contributed by atoms with E-state index in [0.717, 1.165) is 18.1 Å². The van der Waals surface area contributed by atoms with E-state index in [1.165, 1.54) is 37.6 Å². The van der Waals surface area contributed by atoms with Gasteiger partial charge < -0.3 is 29.0 Å². The van der Waals surface area contributed by atoms with E-state index in [2.05, 4.69) is 9.88 Å². The molecule has 1 saturated heterocycles. The van der Waals surface area contributed by atoms with Gasteiger partial charge in [-0.15, -0.1) is 11.3 Å². The predicted molar refractivity (Wildman–Crippen MR) is 133 cm³/mol. The number of benzene rings is 1. The summed E-state index contributed by atoms with van der Waals surface area (Å²) in [6.07, 6.45) is 0. The lowest BCUT2D eigenvalue weighted by Gasteiger charge is -2.32. The summed E-state index contributed by atoms with van der Waals surface area (Å²) in [4.78, 5) is 35.6.